The van der Waals surface area contributed by atoms with Gasteiger partial charge in [0.15, 0.2) is 5.16 Å². The number of nitrogens with one attached hydrogen (secondary N) is 1. The number of piperidine rings is 1. The molecule has 152 valence electrons. The first-order valence-electron chi connectivity index (χ1n) is 9.94. The van der Waals surface area contributed by atoms with Gasteiger partial charge in [-0.2, -0.15) is 5.26 Å². The number of hydrogen-bond donors (Lipinski definition) is 1. The van der Waals surface area contributed by atoms with Crippen molar-refractivity contribution in [1.29, 1.82) is 5.26 Å². The molecule has 1 N–H and O–H groups in total. The first kappa shape index (κ1) is 20.0. The lowest BCUT2D eigenvalue weighted by Crippen LogP contribution is -2.32. The number of thioether (sulfide) groups is 1. The Hall–Kier alpha value is -2.24. The van der Waals surface area contributed by atoms with E-state index in [9.17, 15) is 4.79 Å². The number of halogens is 1. The molecular weight excluding hydrogens is 408 g/mol. The van der Waals surface area contributed by atoms with Crippen LogP contribution >= 0.6 is 23.4 Å². The van der Waals surface area contributed by atoms with Gasteiger partial charge < -0.3 is 10.2 Å². The van der Waals surface area contributed by atoms with E-state index in [0.29, 0.717) is 22.3 Å². The Morgan fingerprint density at radius 3 is 2.72 bits per heavy atom. The molecule has 2 aliphatic rings. The zero-order valence-electron chi connectivity index (χ0n) is 16.3. The molecular formula is C20H23ClN6OS. The molecule has 1 aliphatic carbocycles. The van der Waals surface area contributed by atoms with Crippen molar-refractivity contribution in [3.63, 3.8) is 0 Å². The number of rotatable bonds is 6. The zero-order chi connectivity index (χ0) is 20.4. The Kier molecular flexibility index (Phi) is 5.97. The van der Waals surface area contributed by atoms with Crippen LogP contribution in [0.2, 0.25) is 5.02 Å². The summed E-state index contributed by atoms with van der Waals surface area (Å²) in [7, 11) is 0. The zero-order valence-corrected chi connectivity index (χ0v) is 17.8. The summed E-state index contributed by atoms with van der Waals surface area (Å²) in [5, 5.41) is 21.5. The maximum atomic E-state index is 12.7. The second-order valence-corrected chi connectivity index (χ2v) is 9.20. The van der Waals surface area contributed by atoms with Gasteiger partial charge in [0.05, 0.1) is 15.8 Å². The van der Waals surface area contributed by atoms with Crippen LogP contribution in [0.3, 0.4) is 0 Å². The summed E-state index contributed by atoms with van der Waals surface area (Å²) in [5.74, 6) is 0.807. The van der Waals surface area contributed by atoms with E-state index in [1.165, 1.54) is 31.0 Å². The second-order valence-electron chi connectivity index (χ2n) is 7.49. The minimum absolute atomic E-state index is 0.138. The van der Waals surface area contributed by atoms with Crippen LogP contribution in [0.5, 0.6) is 0 Å². The lowest BCUT2D eigenvalue weighted by Gasteiger charge is -2.28. The minimum Gasteiger partial charge on any atom is -0.341 e. The SMILES string of the molecule is C[C@H](Sc1nnc(N2CCCCC2)n1C1CC1)C(=O)Nc1ccc(C#N)c(Cl)c1. The monoisotopic (exact) mass is 430 g/mol. The molecule has 2 fully saturated rings. The molecule has 0 unspecified atom stereocenters. The Balaban J connectivity index is 1.46. The topological polar surface area (TPSA) is 86.8 Å². The van der Waals surface area contributed by atoms with Crippen molar-refractivity contribution < 1.29 is 4.79 Å². The average molecular weight is 431 g/mol. The van der Waals surface area contributed by atoms with E-state index in [-0.39, 0.29) is 11.2 Å². The van der Waals surface area contributed by atoms with Gasteiger partial charge in [-0.15, -0.1) is 10.2 Å². The van der Waals surface area contributed by atoms with Crippen molar-refractivity contribution in [2.75, 3.05) is 23.3 Å². The standard InChI is InChI=1S/C20H23ClN6OS/c1-13(18(28)23-15-6-5-14(12-22)17(21)11-15)29-20-25-24-19(27(20)16-7-8-16)26-9-3-2-4-10-26/h5-6,11,13,16H,2-4,7-10H2,1H3,(H,23,28)/t13-/m0/s1. The summed E-state index contributed by atoms with van der Waals surface area (Å²) in [6.07, 6.45) is 5.91. The van der Waals surface area contributed by atoms with Crippen molar-refractivity contribution in [3.8, 4) is 6.07 Å². The quantitative estimate of drug-likeness (QED) is 0.689. The second kappa shape index (κ2) is 8.64. The van der Waals surface area contributed by atoms with Gasteiger partial charge in [0, 0.05) is 24.8 Å². The molecule has 0 radical (unpaired) electrons. The molecule has 2 aromatic rings. The summed E-state index contributed by atoms with van der Waals surface area (Å²) < 4.78 is 2.22. The van der Waals surface area contributed by atoms with E-state index < -0.39 is 0 Å². The fraction of sp³-hybridized carbons (Fsp3) is 0.500. The smallest absolute Gasteiger partial charge is 0.237 e. The third-order valence-corrected chi connectivity index (χ3v) is 6.58. The van der Waals surface area contributed by atoms with E-state index in [2.05, 4.69) is 25.0 Å². The normalized spacial score (nSPS) is 17.6. The summed E-state index contributed by atoms with van der Waals surface area (Å²) in [5.41, 5.74) is 0.957. The van der Waals surface area contributed by atoms with Crippen LogP contribution in [0.15, 0.2) is 23.4 Å². The number of anilines is 2. The molecule has 29 heavy (non-hydrogen) atoms. The van der Waals surface area contributed by atoms with Gasteiger partial charge >= 0.3 is 0 Å². The Morgan fingerprint density at radius 2 is 2.07 bits per heavy atom. The van der Waals surface area contributed by atoms with Gasteiger partial charge in [-0.3, -0.25) is 9.36 Å². The van der Waals surface area contributed by atoms with Gasteiger partial charge in [-0.05, 0) is 57.2 Å². The number of aromatic nitrogens is 3. The van der Waals surface area contributed by atoms with Crippen LogP contribution in [0.25, 0.3) is 0 Å². The highest BCUT2D eigenvalue weighted by Crippen LogP contribution is 2.42. The third kappa shape index (κ3) is 4.51. The van der Waals surface area contributed by atoms with Gasteiger partial charge in [-0.1, -0.05) is 23.4 Å². The van der Waals surface area contributed by atoms with Crippen LogP contribution in [0.4, 0.5) is 11.6 Å². The van der Waals surface area contributed by atoms with Crippen molar-refractivity contribution in [2.24, 2.45) is 0 Å². The third-order valence-electron chi connectivity index (χ3n) is 5.21. The predicted molar refractivity (Wildman–Crippen MR) is 114 cm³/mol. The lowest BCUT2D eigenvalue weighted by molar-refractivity contribution is -0.115. The molecule has 0 bridgehead atoms. The fourth-order valence-electron chi connectivity index (χ4n) is 3.45. The lowest BCUT2D eigenvalue weighted by atomic mass is 10.1. The fourth-order valence-corrected chi connectivity index (χ4v) is 4.59. The molecule has 1 saturated carbocycles. The van der Waals surface area contributed by atoms with Gasteiger partial charge in [0.1, 0.15) is 6.07 Å². The van der Waals surface area contributed by atoms with E-state index in [1.54, 1.807) is 18.2 Å². The summed E-state index contributed by atoms with van der Waals surface area (Å²) in [4.78, 5) is 15.0. The van der Waals surface area contributed by atoms with Crippen LogP contribution in [-0.4, -0.2) is 39.0 Å². The highest BCUT2D eigenvalue weighted by Gasteiger charge is 2.33. The van der Waals surface area contributed by atoms with Crippen LogP contribution < -0.4 is 10.2 Å². The van der Waals surface area contributed by atoms with E-state index in [4.69, 9.17) is 16.9 Å². The number of hydrogen-bond acceptors (Lipinski definition) is 6. The Morgan fingerprint density at radius 1 is 1.31 bits per heavy atom. The van der Waals surface area contributed by atoms with Crippen LogP contribution in [0, 0.1) is 11.3 Å². The average Bonchev–Trinajstić information content (AvgIpc) is 3.48. The molecule has 2 heterocycles. The first-order valence-corrected chi connectivity index (χ1v) is 11.2. The number of amides is 1. The number of nitriles is 1. The maximum Gasteiger partial charge on any atom is 0.237 e. The molecule has 1 atom stereocenters. The molecule has 1 saturated heterocycles. The van der Waals surface area contributed by atoms with E-state index in [1.807, 2.05) is 13.0 Å². The molecule has 1 aromatic carbocycles. The first-order chi connectivity index (χ1) is 14.1. The number of nitrogens with zero attached hydrogens (tertiary/aromatic N) is 5. The summed E-state index contributed by atoms with van der Waals surface area (Å²) in [6.45, 7) is 3.90. The molecule has 0 spiro atoms. The molecule has 1 amide bonds. The largest absolute Gasteiger partial charge is 0.341 e. The predicted octanol–water partition coefficient (Wildman–Crippen LogP) is 4.25. The van der Waals surface area contributed by atoms with Crippen LogP contribution in [0.1, 0.15) is 50.6 Å². The molecule has 1 aromatic heterocycles. The number of benzene rings is 1. The molecule has 4 rings (SSSR count). The minimum atomic E-state index is -0.347. The molecule has 1 aliphatic heterocycles. The van der Waals surface area contributed by atoms with E-state index in [0.717, 1.165) is 37.0 Å². The van der Waals surface area contributed by atoms with Crippen molar-refractivity contribution >= 4 is 40.9 Å². The highest BCUT2D eigenvalue weighted by atomic mass is 35.5. The Bertz CT molecular complexity index is 945. The van der Waals surface area contributed by atoms with Gasteiger partial charge in [-0.25, -0.2) is 0 Å². The van der Waals surface area contributed by atoms with Crippen molar-refractivity contribution in [3.05, 3.63) is 28.8 Å². The highest BCUT2D eigenvalue weighted by molar-refractivity contribution is 8.00. The van der Waals surface area contributed by atoms with E-state index >= 15 is 0 Å². The Labute approximate surface area is 179 Å². The summed E-state index contributed by atoms with van der Waals surface area (Å²) in [6, 6.07) is 7.33. The molecule has 9 heteroatoms. The van der Waals surface area contributed by atoms with Gasteiger partial charge in [0.25, 0.3) is 0 Å². The summed E-state index contributed by atoms with van der Waals surface area (Å²) >= 11 is 7.48. The van der Waals surface area contributed by atoms with Gasteiger partial charge in [0.2, 0.25) is 11.9 Å². The number of carbonyl (C=O) groups excluding carboxylic acids is 1. The maximum absolute atomic E-state index is 12.7. The van der Waals surface area contributed by atoms with Crippen molar-refractivity contribution in [2.45, 2.75) is 55.5 Å². The van der Waals surface area contributed by atoms with Crippen molar-refractivity contribution in [1.82, 2.24) is 14.8 Å². The number of carbonyl (C=O) groups is 1. The molecule has 7 nitrogen and oxygen atoms in total. The van der Waals surface area contributed by atoms with Crippen LogP contribution in [-0.2, 0) is 4.79 Å².